The Morgan fingerprint density at radius 1 is 1.53 bits per heavy atom. The third-order valence-electron chi connectivity index (χ3n) is 3.26. The zero-order valence-electron chi connectivity index (χ0n) is 10.7. The molecule has 1 saturated heterocycles. The number of nitrogens with one attached hydrogen (secondary N) is 1. The molecule has 0 bridgehead atoms. The molecule has 1 aliphatic rings. The van der Waals surface area contributed by atoms with E-state index in [0.717, 1.165) is 31.9 Å². The molecule has 2 atom stereocenters. The summed E-state index contributed by atoms with van der Waals surface area (Å²) >= 11 is 0. The van der Waals surface area contributed by atoms with Gasteiger partial charge in [-0.05, 0) is 39.1 Å². The molecule has 17 heavy (non-hydrogen) atoms. The van der Waals surface area contributed by atoms with Crippen molar-refractivity contribution in [3.63, 3.8) is 0 Å². The first-order chi connectivity index (χ1) is 8.27. The molecule has 0 aromatic carbocycles. The normalized spacial score (nSPS) is 22.9. The highest BCUT2D eigenvalue weighted by molar-refractivity contribution is 5.05. The Balaban J connectivity index is 1.85. The Morgan fingerprint density at radius 3 is 3.00 bits per heavy atom. The monoisotopic (exact) mass is 238 g/mol. The van der Waals surface area contributed by atoms with Gasteiger partial charge in [0.05, 0.1) is 18.9 Å². The standard InChI is InChI=1S/C13H22N2O2/c1-15(2)12(13-6-4-8-17-13)9-14-11-5-3-7-16-10-11/h4,6,8,11-12,14H,3,5,7,9-10H2,1-2H3. The minimum absolute atomic E-state index is 0.284. The van der Waals surface area contributed by atoms with Gasteiger partial charge in [-0.15, -0.1) is 0 Å². The van der Waals surface area contributed by atoms with Gasteiger partial charge in [-0.2, -0.15) is 0 Å². The third-order valence-corrected chi connectivity index (χ3v) is 3.26. The van der Waals surface area contributed by atoms with Gasteiger partial charge < -0.3 is 14.5 Å². The summed E-state index contributed by atoms with van der Waals surface area (Å²) in [4.78, 5) is 2.18. The Morgan fingerprint density at radius 2 is 2.41 bits per heavy atom. The van der Waals surface area contributed by atoms with Crippen molar-refractivity contribution < 1.29 is 9.15 Å². The molecule has 2 unspecified atom stereocenters. The van der Waals surface area contributed by atoms with Crippen molar-refractivity contribution in [2.24, 2.45) is 0 Å². The minimum Gasteiger partial charge on any atom is -0.468 e. The fraction of sp³-hybridized carbons (Fsp3) is 0.692. The van der Waals surface area contributed by atoms with Crippen molar-refractivity contribution >= 4 is 0 Å². The highest BCUT2D eigenvalue weighted by Crippen LogP contribution is 2.18. The molecule has 0 radical (unpaired) electrons. The van der Waals surface area contributed by atoms with Crippen LogP contribution in [0.3, 0.4) is 0 Å². The maximum Gasteiger partial charge on any atom is 0.122 e. The van der Waals surface area contributed by atoms with Gasteiger partial charge in [-0.1, -0.05) is 0 Å². The lowest BCUT2D eigenvalue weighted by Gasteiger charge is -2.28. The Kier molecular flexibility index (Phi) is 4.59. The number of rotatable bonds is 5. The Labute approximate surface area is 103 Å². The van der Waals surface area contributed by atoms with E-state index in [4.69, 9.17) is 9.15 Å². The van der Waals surface area contributed by atoms with Crippen molar-refractivity contribution in [1.82, 2.24) is 10.2 Å². The van der Waals surface area contributed by atoms with Gasteiger partial charge in [0.25, 0.3) is 0 Å². The van der Waals surface area contributed by atoms with Crippen LogP contribution in [0.1, 0.15) is 24.6 Å². The molecule has 0 amide bonds. The van der Waals surface area contributed by atoms with Crippen LogP contribution in [0.5, 0.6) is 0 Å². The molecular formula is C13H22N2O2. The zero-order chi connectivity index (χ0) is 12.1. The molecule has 4 nitrogen and oxygen atoms in total. The van der Waals surface area contributed by atoms with Crippen LogP contribution in [-0.2, 0) is 4.74 Å². The van der Waals surface area contributed by atoms with Crippen LogP contribution in [0.2, 0.25) is 0 Å². The smallest absolute Gasteiger partial charge is 0.122 e. The fourth-order valence-electron chi connectivity index (χ4n) is 2.20. The molecule has 2 heterocycles. The van der Waals surface area contributed by atoms with Gasteiger partial charge >= 0.3 is 0 Å². The molecule has 1 aromatic rings. The van der Waals surface area contributed by atoms with Gasteiger partial charge in [0.15, 0.2) is 0 Å². The van der Waals surface area contributed by atoms with Crippen LogP contribution in [0.15, 0.2) is 22.8 Å². The van der Waals surface area contributed by atoms with E-state index < -0.39 is 0 Å². The molecular weight excluding hydrogens is 216 g/mol. The van der Waals surface area contributed by atoms with Crippen molar-refractivity contribution in [3.05, 3.63) is 24.2 Å². The van der Waals surface area contributed by atoms with E-state index in [0.29, 0.717) is 6.04 Å². The van der Waals surface area contributed by atoms with Crippen LogP contribution in [0.4, 0.5) is 0 Å². The van der Waals surface area contributed by atoms with E-state index in [2.05, 4.69) is 24.3 Å². The number of hydrogen-bond acceptors (Lipinski definition) is 4. The first-order valence-corrected chi connectivity index (χ1v) is 6.28. The first-order valence-electron chi connectivity index (χ1n) is 6.28. The van der Waals surface area contributed by atoms with Gasteiger partial charge in [-0.3, -0.25) is 4.90 Å². The number of likely N-dealkylation sites (N-methyl/N-ethyl adjacent to an activating group) is 1. The average Bonchev–Trinajstić information content (AvgIpc) is 2.84. The lowest BCUT2D eigenvalue weighted by atomic mass is 10.1. The lowest BCUT2D eigenvalue weighted by molar-refractivity contribution is 0.0674. The summed E-state index contributed by atoms with van der Waals surface area (Å²) in [6, 6.07) is 4.74. The SMILES string of the molecule is CN(C)C(CNC1CCCOC1)c1ccco1. The van der Waals surface area contributed by atoms with Crippen molar-refractivity contribution in [3.8, 4) is 0 Å². The predicted octanol–water partition coefficient (Wildman–Crippen LogP) is 1.65. The van der Waals surface area contributed by atoms with Gasteiger partial charge in [-0.25, -0.2) is 0 Å². The molecule has 0 aliphatic carbocycles. The van der Waals surface area contributed by atoms with Crippen molar-refractivity contribution in [1.29, 1.82) is 0 Å². The Bertz CT molecular complexity index is 305. The van der Waals surface area contributed by atoms with Crippen LogP contribution < -0.4 is 5.32 Å². The quantitative estimate of drug-likeness (QED) is 0.846. The molecule has 2 rings (SSSR count). The van der Waals surface area contributed by atoms with Crippen LogP contribution >= 0.6 is 0 Å². The van der Waals surface area contributed by atoms with Crippen molar-refractivity contribution in [2.75, 3.05) is 33.9 Å². The molecule has 1 aromatic heterocycles. The molecule has 1 N–H and O–H groups in total. The van der Waals surface area contributed by atoms with Crippen LogP contribution in [-0.4, -0.2) is 44.8 Å². The lowest BCUT2D eigenvalue weighted by Crippen LogP contribution is -2.41. The van der Waals surface area contributed by atoms with E-state index in [-0.39, 0.29) is 6.04 Å². The zero-order valence-corrected chi connectivity index (χ0v) is 10.7. The molecule has 96 valence electrons. The number of ether oxygens (including phenoxy) is 1. The summed E-state index contributed by atoms with van der Waals surface area (Å²) in [7, 11) is 4.15. The van der Waals surface area contributed by atoms with E-state index in [1.807, 2.05) is 12.1 Å². The van der Waals surface area contributed by atoms with E-state index in [1.54, 1.807) is 6.26 Å². The number of furan rings is 1. The summed E-state index contributed by atoms with van der Waals surface area (Å²) in [6.07, 6.45) is 4.10. The largest absolute Gasteiger partial charge is 0.468 e. The molecule has 4 heteroatoms. The topological polar surface area (TPSA) is 37.6 Å². The second-order valence-electron chi connectivity index (χ2n) is 4.82. The molecule has 0 saturated carbocycles. The fourth-order valence-corrected chi connectivity index (χ4v) is 2.20. The average molecular weight is 238 g/mol. The van der Waals surface area contributed by atoms with E-state index in [1.165, 1.54) is 6.42 Å². The second kappa shape index (κ2) is 6.19. The van der Waals surface area contributed by atoms with E-state index >= 15 is 0 Å². The van der Waals surface area contributed by atoms with Gasteiger partial charge in [0.1, 0.15) is 5.76 Å². The molecule has 0 spiro atoms. The van der Waals surface area contributed by atoms with E-state index in [9.17, 15) is 0 Å². The molecule has 1 aliphatic heterocycles. The minimum atomic E-state index is 0.284. The highest BCUT2D eigenvalue weighted by atomic mass is 16.5. The summed E-state index contributed by atoms with van der Waals surface area (Å²) in [6.45, 7) is 2.64. The van der Waals surface area contributed by atoms with Crippen molar-refractivity contribution in [2.45, 2.75) is 24.9 Å². The maximum atomic E-state index is 5.48. The number of hydrogen-bond donors (Lipinski definition) is 1. The highest BCUT2D eigenvalue weighted by Gasteiger charge is 2.20. The maximum absolute atomic E-state index is 5.48. The summed E-state index contributed by atoms with van der Waals surface area (Å²) < 4.78 is 10.9. The molecule has 1 fully saturated rings. The van der Waals surface area contributed by atoms with Crippen LogP contribution in [0.25, 0.3) is 0 Å². The Hall–Kier alpha value is -0.840. The second-order valence-corrected chi connectivity index (χ2v) is 4.82. The van der Waals surface area contributed by atoms with Crippen LogP contribution in [0, 0.1) is 0 Å². The summed E-state index contributed by atoms with van der Waals surface area (Å²) in [5.41, 5.74) is 0. The summed E-state index contributed by atoms with van der Waals surface area (Å²) in [5, 5.41) is 3.56. The third kappa shape index (κ3) is 3.56. The van der Waals surface area contributed by atoms with Gasteiger partial charge in [0.2, 0.25) is 0 Å². The van der Waals surface area contributed by atoms with Gasteiger partial charge in [0, 0.05) is 19.2 Å². The number of nitrogens with zero attached hydrogens (tertiary/aromatic N) is 1. The first kappa shape index (κ1) is 12.6. The predicted molar refractivity (Wildman–Crippen MR) is 67.0 cm³/mol. The summed E-state index contributed by atoms with van der Waals surface area (Å²) in [5.74, 6) is 1.01.